The smallest absolute Gasteiger partial charge is 0.0991 e. The molecule has 1 aromatic carbocycles. The van der Waals surface area contributed by atoms with Crippen LogP contribution >= 0.6 is 0 Å². The van der Waals surface area contributed by atoms with Crippen molar-refractivity contribution in [3.05, 3.63) is 29.8 Å². The molecule has 1 heterocycles. The summed E-state index contributed by atoms with van der Waals surface area (Å²) >= 11 is 0. The molecule has 0 aromatic heterocycles. The highest BCUT2D eigenvalue weighted by atomic mass is 15.3. The van der Waals surface area contributed by atoms with Crippen LogP contribution < -0.4 is 10.2 Å². The van der Waals surface area contributed by atoms with E-state index in [-0.39, 0.29) is 11.1 Å². The summed E-state index contributed by atoms with van der Waals surface area (Å²) in [6, 6.07) is 10.0. The summed E-state index contributed by atoms with van der Waals surface area (Å²) in [6.07, 6.45) is 0. The van der Waals surface area contributed by atoms with Gasteiger partial charge in [0.2, 0.25) is 0 Å². The predicted octanol–water partition coefficient (Wildman–Crippen LogP) is 2.53. The number of benzene rings is 1. The number of rotatable bonds is 1. The summed E-state index contributed by atoms with van der Waals surface area (Å²) < 4.78 is 0. The average molecular weight is 243 g/mol. The lowest BCUT2D eigenvalue weighted by atomic mass is 9.91. The van der Waals surface area contributed by atoms with Crippen LogP contribution in [0.5, 0.6) is 0 Å². The minimum atomic E-state index is 0.0929. The van der Waals surface area contributed by atoms with Gasteiger partial charge < -0.3 is 10.2 Å². The minimum absolute atomic E-state index is 0.0929. The number of nitrogens with zero attached hydrogens (tertiary/aromatic N) is 2. The molecule has 3 nitrogen and oxygen atoms in total. The van der Waals surface area contributed by atoms with Crippen molar-refractivity contribution in [3.63, 3.8) is 0 Å². The van der Waals surface area contributed by atoms with Gasteiger partial charge in [-0.15, -0.1) is 0 Å². The van der Waals surface area contributed by atoms with Crippen molar-refractivity contribution in [1.82, 2.24) is 5.32 Å². The second-order valence-corrected chi connectivity index (χ2v) is 6.41. The van der Waals surface area contributed by atoms with Crippen LogP contribution in [0.2, 0.25) is 0 Å². The lowest BCUT2D eigenvalue weighted by molar-refractivity contribution is 0.226. The van der Waals surface area contributed by atoms with Gasteiger partial charge in [-0.2, -0.15) is 5.26 Å². The van der Waals surface area contributed by atoms with Gasteiger partial charge in [0.25, 0.3) is 0 Å². The molecule has 1 N–H and O–H groups in total. The van der Waals surface area contributed by atoms with Crippen LogP contribution in [0.4, 0.5) is 5.69 Å². The fraction of sp³-hybridized carbons (Fsp3) is 0.533. The van der Waals surface area contributed by atoms with Crippen LogP contribution in [-0.2, 0) is 0 Å². The van der Waals surface area contributed by atoms with E-state index in [9.17, 15) is 0 Å². The number of piperazine rings is 1. The molecule has 0 saturated carbocycles. The summed E-state index contributed by atoms with van der Waals surface area (Å²) in [6.45, 7) is 10.9. The Morgan fingerprint density at radius 1 is 1.06 bits per heavy atom. The lowest BCUT2D eigenvalue weighted by Gasteiger charge is -2.49. The quantitative estimate of drug-likeness (QED) is 0.823. The van der Waals surface area contributed by atoms with E-state index >= 15 is 0 Å². The molecule has 0 bridgehead atoms. The normalized spacial score (nSPS) is 21.4. The van der Waals surface area contributed by atoms with Crippen LogP contribution in [0.25, 0.3) is 0 Å². The van der Waals surface area contributed by atoms with E-state index in [4.69, 9.17) is 5.26 Å². The first-order valence-corrected chi connectivity index (χ1v) is 6.36. The van der Waals surface area contributed by atoms with Gasteiger partial charge in [0.15, 0.2) is 0 Å². The molecule has 0 spiro atoms. The fourth-order valence-electron chi connectivity index (χ4n) is 2.93. The standard InChI is InChI=1S/C15H21N3/c1-14(2)10-18(11-15(3,4)17-14)13-7-5-12(9-16)6-8-13/h5-8,17H,10-11H2,1-4H3. The highest BCUT2D eigenvalue weighted by Gasteiger charge is 2.36. The Morgan fingerprint density at radius 3 is 2.00 bits per heavy atom. The van der Waals surface area contributed by atoms with E-state index in [1.54, 1.807) is 0 Å². The molecule has 1 saturated heterocycles. The number of hydrogen-bond donors (Lipinski definition) is 1. The summed E-state index contributed by atoms with van der Waals surface area (Å²) in [5.74, 6) is 0. The SMILES string of the molecule is CC1(C)CN(c2ccc(C#N)cc2)CC(C)(C)N1. The largest absolute Gasteiger partial charge is 0.368 e. The van der Waals surface area contributed by atoms with Crippen LogP contribution in [0.15, 0.2) is 24.3 Å². The van der Waals surface area contributed by atoms with Crippen LogP contribution in [0, 0.1) is 11.3 Å². The summed E-state index contributed by atoms with van der Waals surface area (Å²) in [4.78, 5) is 2.39. The Morgan fingerprint density at radius 2 is 1.56 bits per heavy atom. The number of nitriles is 1. The first kappa shape index (κ1) is 12.9. The molecule has 0 atom stereocenters. The third-order valence-electron chi connectivity index (χ3n) is 3.21. The van der Waals surface area contributed by atoms with Gasteiger partial charge in [0, 0.05) is 29.9 Å². The van der Waals surface area contributed by atoms with Gasteiger partial charge >= 0.3 is 0 Å². The lowest BCUT2D eigenvalue weighted by Crippen LogP contribution is -2.66. The molecular formula is C15H21N3. The Balaban J connectivity index is 2.24. The maximum atomic E-state index is 8.83. The van der Waals surface area contributed by atoms with E-state index in [2.05, 4.69) is 44.0 Å². The molecular weight excluding hydrogens is 222 g/mol. The van der Waals surface area contributed by atoms with Crippen LogP contribution in [0.3, 0.4) is 0 Å². The molecule has 18 heavy (non-hydrogen) atoms. The first-order valence-electron chi connectivity index (χ1n) is 6.36. The molecule has 96 valence electrons. The third kappa shape index (κ3) is 2.83. The molecule has 1 aromatic rings. The third-order valence-corrected chi connectivity index (χ3v) is 3.21. The van der Waals surface area contributed by atoms with Gasteiger partial charge in [0.05, 0.1) is 11.6 Å². The van der Waals surface area contributed by atoms with Crippen molar-refractivity contribution in [1.29, 1.82) is 5.26 Å². The van der Waals surface area contributed by atoms with E-state index in [1.807, 2.05) is 24.3 Å². The number of hydrogen-bond acceptors (Lipinski definition) is 3. The molecule has 1 fully saturated rings. The Bertz CT molecular complexity index is 450. The van der Waals surface area contributed by atoms with Crippen LogP contribution in [-0.4, -0.2) is 24.2 Å². The molecule has 0 unspecified atom stereocenters. The van der Waals surface area contributed by atoms with E-state index in [0.29, 0.717) is 5.56 Å². The van der Waals surface area contributed by atoms with Crippen molar-refractivity contribution in [2.45, 2.75) is 38.8 Å². The van der Waals surface area contributed by atoms with Crippen molar-refractivity contribution in [3.8, 4) is 6.07 Å². The van der Waals surface area contributed by atoms with Gasteiger partial charge in [-0.3, -0.25) is 0 Å². The Labute approximate surface area is 109 Å². The summed E-state index contributed by atoms with van der Waals surface area (Å²) in [5, 5.41) is 12.5. The van der Waals surface area contributed by atoms with Crippen molar-refractivity contribution < 1.29 is 0 Å². The maximum absolute atomic E-state index is 8.83. The summed E-state index contributed by atoms with van der Waals surface area (Å²) in [7, 11) is 0. The zero-order chi connectivity index (χ0) is 13.4. The molecule has 0 radical (unpaired) electrons. The molecule has 0 amide bonds. The molecule has 2 rings (SSSR count). The minimum Gasteiger partial charge on any atom is -0.368 e. The van der Waals surface area contributed by atoms with Gasteiger partial charge in [-0.1, -0.05) is 0 Å². The predicted molar refractivity (Wildman–Crippen MR) is 74.7 cm³/mol. The number of nitrogens with one attached hydrogen (secondary N) is 1. The van der Waals surface area contributed by atoms with Gasteiger partial charge in [-0.25, -0.2) is 0 Å². The molecule has 1 aliphatic heterocycles. The second-order valence-electron chi connectivity index (χ2n) is 6.41. The second kappa shape index (κ2) is 4.29. The Kier molecular flexibility index (Phi) is 3.08. The van der Waals surface area contributed by atoms with Gasteiger partial charge in [-0.05, 0) is 52.0 Å². The maximum Gasteiger partial charge on any atom is 0.0991 e. The fourth-order valence-corrected chi connectivity index (χ4v) is 2.93. The van der Waals surface area contributed by atoms with E-state index in [1.165, 1.54) is 5.69 Å². The monoisotopic (exact) mass is 243 g/mol. The van der Waals surface area contributed by atoms with Crippen LogP contribution in [0.1, 0.15) is 33.3 Å². The molecule has 0 aliphatic carbocycles. The average Bonchev–Trinajstić information content (AvgIpc) is 2.25. The number of anilines is 1. The first-order chi connectivity index (χ1) is 8.31. The summed E-state index contributed by atoms with van der Waals surface area (Å²) in [5.41, 5.74) is 2.09. The van der Waals surface area contributed by atoms with Crippen molar-refractivity contribution in [2.24, 2.45) is 0 Å². The zero-order valence-corrected chi connectivity index (χ0v) is 11.6. The van der Waals surface area contributed by atoms with Gasteiger partial charge in [0.1, 0.15) is 0 Å². The topological polar surface area (TPSA) is 39.1 Å². The van der Waals surface area contributed by atoms with Crippen molar-refractivity contribution >= 4 is 5.69 Å². The van der Waals surface area contributed by atoms with E-state index < -0.39 is 0 Å². The Hall–Kier alpha value is -1.53. The highest BCUT2D eigenvalue weighted by Crippen LogP contribution is 2.26. The zero-order valence-electron chi connectivity index (χ0n) is 11.6. The van der Waals surface area contributed by atoms with E-state index in [0.717, 1.165) is 13.1 Å². The molecule has 3 heteroatoms. The van der Waals surface area contributed by atoms with Crippen molar-refractivity contribution in [2.75, 3.05) is 18.0 Å². The highest BCUT2D eigenvalue weighted by molar-refractivity contribution is 5.51. The molecule has 1 aliphatic rings.